The van der Waals surface area contributed by atoms with Crippen LogP contribution in [-0.2, 0) is 13.0 Å². The molecule has 1 aliphatic carbocycles. The molecule has 16 heavy (non-hydrogen) atoms. The van der Waals surface area contributed by atoms with Gasteiger partial charge in [-0.05, 0) is 25.0 Å². The smallest absolute Gasteiger partial charge is 0.0621 e. The number of hydrogen-bond acceptors (Lipinski definition) is 3. The SMILES string of the molecule is CCc1ccc(CNC2CC(O)C2(C)C)s1. The minimum Gasteiger partial charge on any atom is -0.392 e. The largest absolute Gasteiger partial charge is 0.392 e. The Bertz CT molecular complexity index is 359. The van der Waals surface area contributed by atoms with Crippen molar-refractivity contribution in [2.24, 2.45) is 5.41 Å². The molecule has 1 aromatic heterocycles. The van der Waals surface area contributed by atoms with Crippen molar-refractivity contribution in [3.05, 3.63) is 21.9 Å². The molecule has 0 spiro atoms. The molecule has 1 aromatic rings. The van der Waals surface area contributed by atoms with Gasteiger partial charge >= 0.3 is 0 Å². The van der Waals surface area contributed by atoms with E-state index in [0.717, 1.165) is 19.4 Å². The molecule has 1 heterocycles. The van der Waals surface area contributed by atoms with E-state index in [0.29, 0.717) is 6.04 Å². The molecule has 1 fully saturated rings. The molecular formula is C13H21NOS. The van der Waals surface area contributed by atoms with Crippen molar-refractivity contribution in [2.75, 3.05) is 0 Å². The Balaban J connectivity index is 1.84. The summed E-state index contributed by atoms with van der Waals surface area (Å²) in [6.07, 6.45) is 1.87. The van der Waals surface area contributed by atoms with Gasteiger partial charge in [0.2, 0.25) is 0 Å². The third-order valence-electron chi connectivity index (χ3n) is 3.80. The second-order valence-electron chi connectivity index (χ2n) is 5.23. The van der Waals surface area contributed by atoms with Crippen LogP contribution in [0.4, 0.5) is 0 Å². The van der Waals surface area contributed by atoms with E-state index in [4.69, 9.17) is 0 Å². The van der Waals surface area contributed by atoms with Gasteiger partial charge in [-0.3, -0.25) is 0 Å². The standard InChI is InChI=1S/C13H21NOS/c1-4-9-5-6-10(16-9)8-14-11-7-12(15)13(11,2)3/h5-6,11-12,14-15H,4,7-8H2,1-3H3. The highest BCUT2D eigenvalue weighted by molar-refractivity contribution is 7.11. The number of aryl methyl sites for hydroxylation is 1. The van der Waals surface area contributed by atoms with E-state index >= 15 is 0 Å². The molecule has 0 radical (unpaired) electrons. The van der Waals surface area contributed by atoms with Gasteiger partial charge in [0.25, 0.3) is 0 Å². The van der Waals surface area contributed by atoms with Gasteiger partial charge in [-0.1, -0.05) is 20.8 Å². The van der Waals surface area contributed by atoms with E-state index in [-0.39, 0.29) is 11.5 Å². The highest BCUT2D eigenvalue weighted by Crippen LogP contribution is 2.40. The number of aliphatic hydroxyl groups is 1. The molecule has 90 valence electrons. The summed E-state index contributed by atoms with van der Waals surface area (Å²) in [6, 6.07) is 4.87. The summed E-state index contributed by atoms with van der Waals surface area (Å²) in [7, 11) is 0. The minimum absolute atomic E-state index is 0.0326. The Labute approximate surface area is 102 Å². The summed E-state index contributed by atoms with van der Waals surface area (Å²) in [5.74, 6) is 0. The van der Waals surface area contributed by atoms with Gasteiger partial charge < -0.3 is 10.4 Å². The first kappa shape index (κ1) is 12.1. The highest BCUT2D eigenvalue weighted by Gasteiger charge is 2.46. The second kappa shape index (κ2) is 4.47. The van der Waals surface area contributed by atoms with Gasteiger partial charge in [0, 0.05) is 27.8 Å². The second-order valence-corrected chi connectivity index (χ2v) is 6.48. The fourth-order valence-electron chi connectivity index (χ4n) is 2.18. The summed E-state index contributed by atoms with van der Waals surface area (Å²) < 4.78 is 0. The number of hydrogen-bond donors (Lipinski definition) is 2. The highest BCUT2D eigenvalue weighted by atomic mass is 32.1. The van der Waals surface area contributed by atoms with E-state index in [2.05, 4.69) is 38.2 Å². The van der Waals surface area contributed by atoms with Crippen LogP contribution >= 0.6 is 11.3 Å². The first-order valence-electron chi connectivity index (χ1n) is 6.03. The van der Waals surface area contributed by atoms with Crippen molar-refractivity contribution in [2.45, 2.75) is 52.3 Å². The van der Waals surface area contributed by atoms with Crippen LogP contribution in [0.15, 0.2) is 12.1 Å². The number of aliphatic hydroxyl groups excluding tert-OH is 1. The predicted octanol–water partition coefficient (Wildman–Crippen LogP) is 2.56. The normalized spacial score (nSPS) is 27.8. The minimum atomic E-state index is -0.139. The summed E-state index contributed by atoms with van der Waals surface area (Å²) in [5.41, 5.74) is 0.0326. The van der Waals surface area contributed by atoms with Crippen LogP contribution in [0.5, 0.6) is 0 Å². The summed E-state index contributed by atoms with van der Waals surface area (Å²) >= 11 is 1.89. The average molecular weight is 239 g/mol. The van der Waals surface area contributed by atoms with Gasteiger partial charge in [-0.25, -0.2) is 0 Å². The van der Waals surface area contributed by atoms with Crippen LogP contribution in [0.1, 0.15) is 36.9 Å². The first-order valence-corrected chi connectivity index (χ1v) is 6.84. The van der Waals surface area contributed by atoms with Crippen molar-refractivity contribution in [1.82, 2.24) is 5.32 Å². The van der Waals surface area contributed by atoms with Crippen molar-refractivity contribution in [3.63, 3.8) is 0 Å². The van der Waals surface area contributed by atoms with Gasteiger partial charge in [0.15, 0.2) is 0 Å². The van der Waals surface area contributed by atoms with E-state index in [1.807, 2.05) is 11.3 Å². The lowest BCUT2D eigenvalue weighted by molar-refractivity contribution is -0.0729. The Morgan fingerprint density at radius 2 is 2.12 bits per heavy atom. The average Bonchev–Trinajstić information content (AvgIpc) is 2.71. The Hall–Kier alpha value is -0.380. The third kappa shape index (κ3) is 2.17. The van der Waals surface area contributed by atoms with Crippen LogP contribution in [-0.4, -0.2) is 17.3 Å². The summed E-state index contributed by atoms with van der Waals surface area (Å²) in [5, 5.41) is 13.2. The van der Waals surface area contributed by atoms with Crippen LogP contribution in [0.25, 0.3) is 0 Å². The Morgan fingerprint density at radius 3 is 2.62 bits per heavy atom. The predicted molar refractivity (Wildman–Crippen MR) is 68.7 cm³/mol. The number of thiophene rings is 1. The van der Waals surface area contributed by atoms with Gasteiger partial charge in [-0.15, -0.1) is 11.3 Å². The molecule has 0 amide bonds. The zero-order valence-corrected chi connectivity index (χ0v) is 11.1. The Morgan fingerprint density at radius 1 is 1.44 bits per heavy atom. The van der Waals surface area contributed by atoms with E-state index in [9.17, 15) is 5.11 Å². The molecule has 2 rings (SSSR count). The molecule has 0 aromatic carbocycles. The lowest BCUT2D eigenvalue weighted by Gasteiger charge is -2.49. The lowest BCUT2D eigenvalue weighted by Crippen LogP contribution is -2.59. The zero-order valence-electron chi connectivity index (χ0n) is 10.3. The maximum absolute atomic E-state index is 9.65. The van der Waals surface area contributed by atoms with Crippen molar-refractivity contribution in [3.8, 4) is 0 Å². The molecule has 1 aliphatic rings. The van der Waals surface area contributed by atoms with Crippen LogP contribution in [0.3, 0.4) is 0 Å². The molecule has 2 N–H and O–H groups in total. The fourth-order valence-corrected chi connectivity index (χ4v) is 3.09. The van der Waals surface area contributed by atoms with Crippen molar-refractivity contribution < 1.29 is 5.11 Å². The third-order valence-corrected chi connectivity index (χ3v) is 5.03. The van der Waals surface area contributed by atoms with E-state index in [1.54, 1.807) is 0 Å². The van der Waals surface area contributed by atoms with Gasteiger partial charge in [-0.2, -0.15) is 0 Å². The van der Waals surface area contributed by atoms with Crippen LogP contribution in [0.2, 0.25) is 0 Å². The molecule has 0 saturated heterocycles. The molecule has 2 unspecified atom stereocenters. The quantitative estimate of drug-likeness (QED) is 0.846. The Kier molecular flexibility index (Phi) is 3.38. The van der Waals surface area contributed by atoms with Gasteiger partial charge in [0.05, 0.1) is 6.10 Å². The molecule has 0 aliphatic heterocycles. The monoisotopic (exact) mass is 239 g/mol. The number of rotatable bonds is 4. The summed E-state index contributed by atoms with van der Waals surface area (Å²) in [4.78, 5) is 2.85. The maximum Gasteiger partial charge on any atom is 0.0621 e. The molecule has 2 nitrogen and oxygen atoms in total. The van der Waals surface area contributed by atoms with Crippen molar-refractivity contribution in [1.29, 1.82) is 0 Å². The molecule has 1 saturated carbocycles. The topological polar surface area (TPSA) is 32.3 Å². The van der Waals surface area contributed by atoms with E-state index < -0.39 is 0 Å². The van der Waals surface area contributed by atoms with Gasteiger partial charge in [0.1, 0.15) is 0 Å². The van der Waals surface area contributed by atoms with Crippen LogP contribution in [0, 0.1) is 5.41 Å². The maximum atomic E-state index is 9.65. The first-order chi connectivity index (χ1) is 7.54. The van der Waals surface area contributed by atoms with Crippen LogP contribution < -0.4 is 5.32 Å². The van der Waals surface area contributed by atoms with E-state index in [1.165, 1.54) is 9.75 Å². The molecular weight excluding hydrogens is 218 g/mol. The van der Waals surface area contributed by atoms with Crippen molar-refractivity contribution >= 4 is 11.3 Å². The molecule has 2 atom stereocenters. The zero-order chi connectivity index (χ0) is 11.8. The molecule has 0 bridgehead atoms. The molecule has 3 heteroatoms. The lowest BCUT2D eigenvalue weighted by atomic mass is 9.64. The fraction of sp³-hybridized carbons (Fsp3) is 0.692. The number of nitrogens with one attached hydrogen (secondary N) is 1. The summed E-state index contributed by atoms with van der Waals surface area (Å²) in [6.45, 7) is 7.38.